The first kappa shape index (κ1) is 63.8. The quantitative estimate of drug-likeness (QED) is 0.0363. The van der Waals surface area contributed by atoms with E-state index in [1.807, 2.05) is 55.5 Å². The van der Waals surface area contributed by atoms with Crippen LogP contribution >= 0.6 is 0 Å². The second-order valence-corrected chi connectivity index (χ2v) is 33.5. The molecule has 0 spiro atoms. The summed E-state index contributed by atoms with van der Waals surface area (Å²) in [5.41, 5.74) is 11.1. The van der Waals surface area contributed by atoms with E-state index in [2.05, 4.69) is 45.6 Å². The Bertz CT molecular complexity index is 3940. The third kappa shape index (κ3) is 15.0. The summed E-state index contributed by atoms with van der Waals surface area (Å²) in [7, 11) is -1.32. The predicted molar refractivity (Wildman–Crippen MR) is 342 cm³/mol. The van der Waals surface area contributed by atoms with Crippen molar-refractivity contribution in [2.75, 3.05) is 32.8 Å². The van der Waals surface area contributed by atoms with Crippen LogP contribution < -0.4 is 21.7 Å². The van der Waals surface area contributed by atoms with E-state index in [4.69, 9.17) is 45.1 Å². The summed E-state index contributed by atoms with van der Waals surface area (Å²) in [5.74, 6) is -1.25. The summed E-state index contributed by atoms with van der Waals surface area (Å²) in [4.78, 5) is 76.2. The van der Waals surface area contributed by atoms with Gasteiger partial charge in [-0.25, -0.2) is 33.5 Å². The Hall–Kier alpha value is -7.74. The highest BCUT2D eigenvalue weighted by molar-refractivity contribution is 6.76. The Kier molecular flexibility index (Phi) is 18.6. The van der Waals surface area contributed by atoms with Crippen molar-refractivity contribution in [2.24, 2.45) is 11.7 Å². The first-order valence-electron chi connectivity index (χ1n) is 31.7. The highest BCUT2D eigenvalue weighted by Crippen LogP contribution is 2.37. The van der Waals surface area contributed by atoms with Gasteiger partial charge >= 0.3 is 12.1 Å². The lowest BCUT2D eigenvalue weighted by atomic mass is 10.0. The minimum absolute atomic E-state index is 0.0723. The number of halogens is 2. The molecule has 4 unspecified atom stereocenters. The molecule has 25 heteroatoms. The van der Waals surface area contributed by atoms with Gasteiger partial charge in [-0.15, -0.1) is 0 Å². The molecular formula is C65H85F2N15O7Si. The lowest BCUT2D eigenvalue weighted by Crippen LogP contribution is -2.42. The Morgan fingerprint density at radius 2 is 1.29 bits per heavy atom. The molecule has 12 rings (SSSR count). The van der Waals surface area contributed by atoms with E-state index in [1.165, 1.54) is 24.3 Å². The molecule has 8 heterocycles. The highest BCUT2D eigenvalue weighted by Gasteiger charge is 2.34. The number of piperidine rings is 2. The van der Waals surface area contributed by atoms with Gasteiger partial charge in [-0.05, 0) is 167 Å². The maximum absolute atomic E-state index is 14.8. The van der Waals surface area contributed by atoms with Crippen LogP contribution in [0.3, 0.4) is 0 Å². The first-order chi connectivity index (χ1) is 42.8. The predicted octanol–water partition coefficient (Wildman–Crippen LogP) is 10.7. The normalized spacial score (nSPS) is 19.6. The lowest BCUT2D eigenvalue weighted by molar-refractivity contribution is -0.155. The molecule has 90 heavy (non-hydrogen) atoms. The van der Waals surface area contributed by atoms with Crippen molar-refractivity contribution >= 4 is 76.1 Å². The van der Waals surface area contributed by atoms with Gasteiger partial charge in [0.15, 0.2) is 11.3 Å². The molecule has 22 nitrogen and oxygen atoms in total. The number of carbonyl (C=O) groups is 4. The van der Waals surface area contributed by atoms with Gasteiger partial charge in [0, 0.05) is 75.5 Å². The zero-order valence-corrected chi connectivity index (χ0v) is 54.1. The lowest BCUT2D eigenvalue weighted by Gasteiger charge is -2.33. The number of hydrogen-bond acceptors (Lipinski definition) is 15. The number of H-pyrrole nitrogens is 1. The maximum atomic E-state index is 14.8. The molecule has 6 N–H and O–H groups in total. The smallest absolute Gasteiger partial charge is 0.410 e. The summed E-state index contributed by atoms with van der Waals surface area (Å²) in [6.07, 6.45) is 14.5. The third-order valence-electron chi connectivity index (χ3n) is 17.2. The number of esters is 1. The van der Waals surface area contributed by atoms with E-state index in [0.29, 0.717) is 113 Å². The topological polar surface area (TPSA) is 269 Å². The van der Waals surface area contributed by atoms with E-state index in [0.717, 1.165) is 75.0 Å². The molecule has 2 saturated heterocycles. The van der Waals surface area contributed by atoms with Crippen LogP contribution in [0.25, 0.3) is 66.9 Å². The highest BCUT2D eigenvalue weighted by atomic mass is 28.3. The molecule has 2 saturated carbocycles. The fourth-order valence-electron chi connectivity index (χ4n) is 12.7. The summed E-state index contributed by atoms with van der Waals surface area (Å²) < 4.78 is 51.7. The van der Waals surface area contributed by atoms with E-state index < -0.39 is 19.3 Å². The molecule has 4 atom stereocenters. The number of likely N-dealkylation sites (tertiary alicyclic amines) is 1. The van der Waals surface area contributed by atoms with E-state index in [-0.39, 0.29) is 78.4 Å². The van der Waals surface area contributed by atoms with Gasteiger partial charge in [0.2, 0.25) is 0 Å². The molecule has 4 fully saturated rings. The molecule has 2 aliphatic heterocycles. The Morgan fingerprint density at radius 1 is 0.711 bits per heavy atom. The standard InChI is InChI=1S/C41H58FN7O6Si.C24H27FN8O/c1-40(2,3)54-34(50)21-26-10-12-28(20-26)44-38(51)31-24-48(25-53-18-19-56(7,8)9)37-36(31)45-32(23-43-37)35-30-13-11-27(42)22-33(30)49(46-35)29-14-16-47(17-15-29)39(52)55-41(4,5)6;25-13-1-4-17-20(9-13)33(16-5-7-27-8-6-16)32-21(17)19-12-29-23-22(31-19)18(11-28-23)24(34)30-15-3-2-14(26)10-15/h11,13,22-24,26,28-29H,10,12,14-21,25H2,1-9H3,(H,44,51);1,4,9,11-12,14-16,27H,2-3,5-8,10,26H2,(H,28,29)(H,30,34). The number of amides is 3. The molecule has 2 aliphatic carbocycles. The zero-order valence-electron chi connectivity index (χ0n) is 53.1. The van der Waals surface area contributed by atoms with Crippen LogP contribution in [0.4, 0.5) is 13.6 Å². The average Bonchev–Trinajstić information content (AvgIpc) is 1.62. The number of fused-ring (bicyclic) bond motifs is 4. The second-order valence-electron chi connectivity index (χ2n) is 27.9. The summed E-state index contributed by atoms with van der Waals surface area (Å²) in [6.45, 7) is 21.6. The first-order valence-corrected chi connectivity index (χ1v) is 35.4. The molecular weight excluding hydrogens is 1170 g/mol. The van der Waals surface area contributed by atoms with E-state index >= 15 is 0 Å². The number of nitrogens with zero attached hydrogens (tertiary/aromatic N) is 10. The van der Waals surface area contributed by atoms with Crippen LogP contribution in [0.15, 0.2) is 61.2 Å². The fraction of sp³-hybridized carbons (Fsp3) is 0.538. The third-order valence-corrected chi connectivity index (χ3v) is 18.9. The summed E-state index contributed by atoms with van der Waals surface area (Å²) in [6, 6.07) is 10.5. The monoisotopic (exact) mass is 1250 g/mol. The van der Waals surface area contributed by atoms with Crippen LogP contribution in [0.5, 0.6) is 0 Å². The van der Waals surface area contributed by atoms with Crippen molar-refractivity contribution in [2.45, 2.75) is 186 Å². The number of nitrogens with two attached hydrogens (primary N) is 1. The maximum Gasteiger partial charge on any atom is 0.410 e. The number of rotatable bonds is 15. The largest absolute Gasteiger partial charge is 0.460 e. The number of benzene rings is 2. The van der Waals surface area contributed by atoms with Crippen molar-refractivity contribution in [1.29, 1.82) is 0 Å². The molecule has 0 bridgehead atoms. The molecule has 0 radical (unpaired) electrons. The van der Waals surface area contributed by atoms with Crippen LogP contribution in [0.2, 0.25) is 25.7 Å². The molecule has 3 amide bonds. The van der Waals surface area contributed by atoms with Crippen molar-refractivity contribution in [3.63, 3.8) is 0 Å². The number of nitrogens with one attached hydrogen (secondary N) is 4. The van der Waals surface area contributed by atoms with Gasteiger partial charge < -0.3 is 50.3 Å². The Labute approximate surface area is 523 Å². The Balaban J connectivity index is 0.000000208. The van der Waals surface area contributed by atoms with Gasteiger partial charge in [-0.3, -0.25) is 23.7 Å². The number of aromatic nitrogens is 10. The van der Waals surface area contributed by atoms with Crippen molar-refractivity contribution < 1.29 is 42.2 Å². The van der Waals surface area contributed by atoms with Crippen LogP contribution in [-0.2, 0) is 25.7 Å². The van der Waals surface area contributed by atoms with Gasteiger partial charge in [0.1, 0.15) is 63.4 Å². The number of carbonyl (C=O) groups excluding carboxylic acids is 4. The zero-order chi connectivity index (χ0) is 63.8. The van der Waals surface area contributed by atoms with E-state index in [1.54, 1.807) is 41.8 Å². The van der Waals surface area contributed by atoms with Crippen LogP contribution in [0, 0.1) is 17.6 Å². The minimum atomic E-state index is -1.32. The fourth-order valence-corrected chi connectivity index (χ4v) is 13.4. The molecule has 4 aliphatic rings. The SMILES string of the molecule is CC(C)(C)OC(=O)CC1CCC(NC(=O)c2cn(COCC[Si](C)(C)C)c3ncc(-c4nn(C5CCN(C(=O)OC(C)(C)C)CC5)c5cc(F)ccc45)nc23)C1.NC1CCC(NC(=O)c2c[nH]c3ncc(-c4nn(C5CCNCC5)c5cc(F)ccc45)nc23)C1. The molecule has 2 aromatic carbocycles. The molecule has 480 valence electrons. The van der Waals surface area contributed by atoms with Crippen LogP contribution in [0.1, 0.15) is 145 Å². The minimum Gasteiger partial charge on any atom is -0.460 e. The summed E-state index contributed by atoms with van der Waals surface area (Å²) >= 11 is 0. The molecule has 6 aromatic heterocycles. The number of aromatic amines is 1. The van der Waals surface area contributed by atoms with Gasteiger partial charge in [0.05, 0.1) is 46.6 Å². The molecule has 8 aromatic rings. The van der Waals surface area contributed by atoms with Crippen molar-refractivity contribution in [3.8, 4) is 22.8 Å². The summed E-state index contributed by atoms with van der Waals surface area (Å²) in [5, 5.41) is 21.0. The number of hydrogen-bond donors (Lipinski definition) is 5. The average molecular weight is 1250 g/mol. The van der Waals surface area contributed by atoms with Gasteiger partial charge in [-0.2, -0.15) is 10.2 Å². The van der Waals surface area contributed by atoms with Gasteiger partial charge in [-0.1, -0.05) is 19.6 Å². The van der Waals surface area contributed by atoms with E-state index in [9.17, 15) is 28.0 Å². The second kappa shape index (κ2) is 26.2. The van der Waals surface area contributed by atoms with Crippen molar-refractivity contribution in [3.05, 3.63) is 83.9 Å². The number of ether oxygens (including phenoxy) is 3. The Morgan fingerprint density at radius 3 is 1.89 bits per heavy atom. The van der Waals surface area contributed by atoms with Crippen LogP contribution in [-0.4, -0.2) is 148 Å². The van der Waals surface area contributed by atoms with Crippen molar-refractivity contribution in [1.82, 2.24) is 69.9 Å². The van der Waals surface area contributed by atoms with Gasteiger partial charge in [0.25, 0.3) is 11.8 Å².